The molecule has 1 aromatic carbocycles. The summed E-state index contributed by atoms with van der Waals surface area (Å²) in [4.78, 5) is 0. The van der Waals surface area contributed by atoms with Crippen LogP contribution in [0.25, 0.3) is 0 Å². The molecule has 0 spiro atoms. The van der Waals surface area contributed by atoms with Crippen LogP contribution >= 0.6 is 30.9 Å². The predicted molar refractivity (Wildman–Crippen MR) is 53.2 cm³/mol. The first-order chi connectivity index (χ1) is 4.61. The van der Waals surface area contributed by atoms with Crippen LogP contribution < -0.4 is 5.19 Å². The lowest BCUT2D eigenvalue weighted by atomic mass is 10.4. The molecule has 0 amide bonds. The van der Waals surface area contributed by atoms with Crippen molar-refractivity contribution in [3.05, 3.63) is 30.3 Å². The molecule has 10 heavy (non-hydrogen) atoms. The quantitative estimate of drug-likeness (QED) is 0.378. The third kappa shape index (κ3) is 2.24. The molecule has 0 N–H and O–H groups in total. The van der Waals surface area contributed by atoms with Gasteiger partial charge in [0.05, 0.1) is 0 Å². The molecule has 1 rings (SSSR count). The Bertz CT molecular complexity index is 207. The highest BCUT2D eigenvalue weighted by Gasteiger charge is 2.23. The van der Waals surface area contributed by atoms with Crippen LogP contribution in [0.2, 0.25) is 0 Å². The average molecular weight is 209 g/mol. The zero-order chi connectivity index (χ0) is 7.61. The van der Waals surface area contributed by atoms with Gasteiger partial charge in [0.1, 0.15) is 0 Å². The van der Waals surface area contributed by atoms with Gasteiger partial charge in [-0.05, 0) is 5.19 Å². The summed E-state index contributed by atoms with van der Waals surface area (Å²) in [5.74, 6) is 0. The Kier molecular flexibility index (Phi) is 2.76. The largest absolute Gasteiger partial charge is 0.298 e. The molecule has 1 unspecified atom stereocenters. The molecule has 0 radical (unpaired) electrons. The lowest BCUT2D eigenvalue weighted by molar-refractivity contribution is 1.77. The van der Waals surface area contributed by atoms with E-state index in [1.54, 1.807) is 0 Å². The number of halogens is 2. The summed E-state index contributed by atoms with van der Waals surface area (Å²) in [5, 5.41) is 1.03. The van der Waals surface area contributed by atoms with Gasteiger partial charge >= 0.3 is 0 Å². The van der Waals surface area contributed by atoms with E-state index in [1.807, 2.05) is 30.3 Å². The van der Waals surface area contributed by atoms with Crippen LogP contribution in [0.4, 0.5) is 0 Å². The summed E-state index contributed by atoms with van der Waals surface area (Å²) in [5.41, 5.74) is 0. The maximum Gasteiger partial charge on any atom is 0.298 e. The Morgan fingerprint density at radius 2 is 1.60 bits per heavy atom. The van der Waals surface area contributed by atoms with E-state index in [-0.39, 0.29) is 0 Å². The van der Waals surface area contributed by atoms with Crippen LogP contribution in [0.3, 0.4) is 0 Å². The van der Waals surface area contributed by atoms with Gasteiger partial charge in [0.15, 0.2) is 0 Å². The Morgan fingerprint density at radius 1 is 1.10 bits per heavy atom. The second-order valence-corrected chi connectivity index (χ2v) is 12.8. The van der Waals surface area contributed by atoms with Crippen LogP contribution in [-0.4, -0.2) is 6.36 Å². The van der Waals surface area contributed by atoms with Crippen molar-refractivity contribution in [1.29, 1.82) is 0 Å². The van der Waals surface area contributed by atoms with Gasteiger partial charge < -0.3 is 0 Å². The van der Waals surface area contributed by atoms with Crippen LogP contribution in [-0.2, 0) is 0 Å². The maximum atomic E-state index is 5.93. The Morgan fingerprint density at radius 3 is 1.90 bits per heavy atom. The molecule has 0 aliphatic rings. The van der Waals surface area contributed by atoms with E-state index in [0.29, 0.717) is 0 Å². The predicted octanol–water partition coefficient (Wildman–Crippen LogP) is 2.19. The molecule has 0 aliphatic carbocycles. The van der Waals surface area contributed by atoms with E-state index in [4.69, 9.17) is 22.2 Å². The van der Waals surface area contributed by atoms with Gasteiger partial charge in [0.25, 0.3) is 6.36 Å². The normalized spacial score (nSPS) is 11.5. The minimum absolute atomic E-state index is 1.03. The average Bonchev–Trinajstić information content (AvgIpc) is 1.88. The molecular weight excluding hydrogens is 202 g/mol. The number of rotatable bonds is 1. The highest BCUT2D eigenvalue weighted by atomic mass is 35.7. The molecule has 54 valence electrons. The molecule has 0 bridgehead atoms. The van der Waals surface area contributed by atoms with Gasteiger partial charge in [-0.25, -0.2) is 0 Å². The minimum Gasteiger partial charge on any atom is -0.134 e. The molecule has 0 aliphatic heterocycles. The fraction of sp³-hybridized carbons (Fsp3) is 0. The summed E-state index contributed by atoms with van der Waals surface area (Å²) in [6.45, 7) is 0. The van der Waals surface area contributed by atoms with Crippen molar-refractivity contribution in [3.8, 4) is 0 Å². The van der Waals surface area contributed by atoms with Crippen LogP contribution in [0.1, 0.15) is 0 Å². The lowest BCUT2D eigenvalue weighted by Crippen LogP contribution is -2.28. The van der Waals surface area contributed by atoms with Crippen molar-refractivity contribution in [2.75, 3.05) is 0 Å². The standard InChI is InChI=1S/C6H7Cl2PSi/c7-10(8,9)6-4-2-1-3-5-6/h1-5H,9H2. The van der Waals surface area contributed by atoms with E-state index in [2.05, 4.69) is 8.79 Å². The zero-order valence-electron chi connectivity index (χ0n) is 5.22. The van der Waals surface area contributed by atoms with Crippen molar-refractivity contribution in [3.63, 3.8) is 0 Å². The van der Waals surface area contributed by atoms with Crippen molar-refractivity contribution < 1.29 is 0 Å². The third-order valence-electron chi connectivity index (χ3n) is 1.16. The van der Waals surface area contributed by atoms with Gasteiger partial charge in [-0.15, -0.1) is 30.9 Å². The Hall–Kier alpha value is 0.447. The molecular formula is C6H7Cl2PSi. The second-order valence-electron chi connectivity index (χ2n) is 1.99. The summed E-state index contributed by atoms with van der Waals surface area (Å²) in [6, 6.07) is 9.71. The van der Waals surface area contributed by atoms with Crippen molar-refractivity contribution in [2.24, 2.45) is 0 Å². The number of hydrogen-bond donors (Lipinski definition) is 0. The SMILES string of the molecule is P[Si](Cl)(Cl)c1ccccc1. The minimum atomic E-state index is -2.17. The molecule has 0 aromatic heterocycles. The molecule has 0 fully saturated rings. The third-order valence-corrected chi connectivity index (χ3v) is 4.57. The van der Waals surface area contributed by atoms with Gasteiger partial charge in [0, 0.05) is 0 Å². The Balaban J connectivity index is 2.97. The van der Waals surface area contributed by atoms with E-state index in [0.717, 1.165) is 5.19 Å². The second kappa shape index (κ2) is 3.23. The van der Waals surface area contributed by atoms with Crippen LogP contribution in [0.5, 0.6) is 0 Å². The Labute approximate surface area is 73.0 Å². The van der Waals surface area contributed by atoms with Crippen LogP contribution in [0.15, 0.2) is 30.3 Å². The van der Waals surface area contributed by atoms with Gasteiger partial charge in [-0.2, -0.15) is 0 Å². The summed E-state index contributed by atoms with van der Waals surface area (Å²) in [6.07, 6.45) is -2.17. The fourth-order valence-corrected chi connectivity index (χ4v) is 2.63. The number of hydrogen-bond acceptors (Lipinski definition) is 0. The first-order valence-electron chi connectivity index (χ1n) is 2.83. The van der Waals surface area contributed by atoms with Gasteiger partial charge in [-0.3, -0.25) is 0 Å². The number of benzene rings is 1. The van der Waals surface area contributed by atoms with E-state index in [9.17, 15) is 0 Å². The summed E-state index contributed by atoms with van der Waals surface area (Å²) < 4.78 is 0. The molecule has 1 aromatic rings. The molecule has 0 nitrogen and oxygen atoms in total. The fourth-order valence-electron chi connectivity index (χ4n) is 0.660. The summed E-state index contributed by atoms with van der Waals surface area (Å²) >= 11 is 11.9. The van der Waals surface area contributed by atoms with Gasteiger partial charge in [0.2, 0.25) is 0 Å². The van der Waals surface area contributed by atoms with Gasteiger partial charge in [-0.1, -0.05) is 30.3 Å². The molecule has 0 saturated carbocycles. The zero-order valence-corrected chi connectivity index (χ0v) is 8.89. The topological polar surface area (TPSA) is 0 Å². The highest BCUT2D eigenvalue weighted by Crippen LogP contribution is 2.21. The monoisotopic (exact) mass is 208 g/mol. The lowest BCUT2D eigenvalue weighted by Gasteiger charge is -2.08. The first-order valence-corrected chi connectivity index (χ1v) is 8.66. The van der Waals surface area contributed by atoms with Crippen molar-refractivity contribution in [2.45, 2.75) is 0 Å². The van der Waals surface area contributed by atoms with Crippen LogP contribution in [0, 0.1) is 0 Å². The van der Waals surface area contributed by atoms with E-state index >= 15 is 0 Å². The molecule has 4 heteroatoms. The molecule has 1 atom stereocenters. The van der Waals surface area contributed by atoms with Crippen molar-refractivity contribution >= 4 is 42.5 Å². The molecule has 0 saturated heterocycles. The van der Waals surface area contributed by atoms with Crippen molar-refractivity contribution in [1.82, 2.24) is 0 Å². The smallest absolute Gasteiger partial charge is 0.134 e. The maximum absolute atomic E-state index is 5.93. The van der Waals surface area contributed by atoms with E-state index in [1.165, 1.54) is 0 Å². The first kappa shape index (κ1) is 8.54. The highest BCUT2D eigenvalue weighted by molar-refractivity contribution is 7.95. The summed E-state index contributed by atoms with van der Waals surface area (Å²) in [7, 11) is 2.50. The van der Waals surface area contributed by atoms with E-state index < -0.39 is 6.36 Å². The molecule has 0 heterocycles.